The largest absolute Gasteiger partial charge is 0.481 e. The van der Waals surface area contributed by atoms with E-state index in [1.54, 1.807) is 16.2 Å². The summed E-state index contributed by atoms with van der Waals surface area (Å²) in [5, 5.41) is 11.4. The Kier molecular flexibility index (Phi) is 5.10. The van der Waals surface area contributed by atoms with Crippen LogP contribution >= 0.6 is 23.1 Å². The van der Waals surface area contributed by atoms with Crippen LogP contribution in [-0.2, 0) is 9.59 Å². The van der Waals surface area contributed by atoms with Crippen LogP contribution in [0.4, 0.5) is 0 Å². The van der Waals surface area contributed by atoms with E-state index in [1.807, 2.05) is 24.4 Å². The number of carbonyl (C=O) groups excluding carboxylic acids is 1. The molecule has 4 nitrogen and oxygen atoms in total. The quantitative estimate of drug-likeness (QED) is 0.849. The molecule has 2 rings (SSSR count). The summed E-state index contributed by atoms with van der Waals surface area (Å²) >= 11 is 3.14. The van der Waals surface area contributed by atoms with Gasteiger partial charge in [0.05, 0.1) is 15.4 Å². The molecule has 20 heavy (non-hydrogen) atoms. The fourth-order valence-corrected chi connectivity index (χ4v) is 4.22. The number of hydrogen-bond donors (Lipinski definition) is 1. The molecule has 110 valence electrons. The predicted molar refractivity (Wildman–Crippen MR) is 81.2 cm³/mol. The lowest BCUT2D eigenvalue weighted by Crippen LogP contribution is -2.50. The van der Waals surface area contributed by atoms with Crippen LogP contribution in [0.15, 0.2) is 21.7 Å². The fraction of sp³-hybridized carbons (Fsp3) is 0.571. The van der Waals surface area contributed by atoms with Crippen molar-refractivity contribution in [3.8, 4) is 0 Å². The van der Waals surface area contributed by atoms with E-state index in [4.69, 9.17) is 0 Å². The number of carbonyl (C=O) groups is 2. The minimum Gasteiger partial charge on any atom is -0.481 e. The minimum atomic E-state index is -0.775. The van der Waals surface area contributed by atoms with Crippen LogP contribution in [0.3, 0.4) is 0 Å². The SMILES string of the molecule is CCC1(C(=O)O)CCCN(C(=O)CSc2cccs2)C1. The standard InChI is InChI=1S/C14H19NO3S2/c1-2-14(13(17)18)6-4-7-15(10-14)11(16)9-20-12-5-3-8-19-12/h3,5,8H,2,4,6-7,9-10H2,1H3,(H,17,18). The molecule has 1 aromatic rings. The Hall–Kier alpha value is -1.01. The smallest absolute Gasteiger partial charge is 0.311 e. The predicted octanol–water partition coefficient (Wildman–Crippen LogP) is 2.94. The van der Waals surface area contributed by atoms with Gasteiger partial charge in [-0.15, -0.1) is 23.1 Å². The highest BCUT2D eigenvalue weighted by Gasteiger charge is 2.41. The van der Waals surface area contributed by atoms with E-state index in [9.17, 15) is 14.7 Å². The minimum absolute atomic E-state index is 0.0437. The molecule has 1 atom stereocenters. The Morgan fingerprint density at radius 3 is 2.95 bits per heavy atom. The Morgan fingerprint density at radius 1 is 1.55 bits per heavy atom. The summed E-state index contributed by atoms with van der Waals surface area (Å²) in [5.74, 6) is -0.342. The number of piperidine rings is 1. The van der Waals surface area contributed by atoms with Crippen LogP contribution in [0.5, 0.6) is 0 Å². The number of nitrogens with zero attached hydrogens (tertiary/aromatic N) is 1. The Labute approximate surface area is 127 Å². The second-order valence-electron chi connectivity index (χ2n) is 5.08. The zero-order valence-electron chi connectivity index (χ0n) is 11.5. The van der Waals surface area contributed by atoms with Gasteiger partial charge in [-0.25, -0.2) is 0 Å². The third-order valence-corrected chi connectivity index (χ3v) is 6.01. The molecule has 0 saturated carbocycles. The van der Waals surface area contributed by atoms with E-state index >= 15 is 0 Å². The van der Waals surface area contributed by atoms with E-state index in [1.165, 1.54) is 11.8 Å². The molecule has 1 aliphatic rings. The molecule has 0 aromatic carbocycles. The lowest BCUT2D eigenvalue weighted by atomic mass is 9.77. The lowest BCUT2D eigenvalue weighted by Gasteiger charge is -2.39. The van der Waals surface area contributed by atoms with Gasteiger partial charge >= 0.3 is 5.97 Å². The first-order chi connectivity index (χ1) is 9.57. The Morgan fingerprint density at radius 2 is 2.35 bits per heavy atom. The average Bonchev–Trinajstić information content (AvgIpc) is 2.97. The maximum atomic E-state index is 12.2. The van der Waals surface area contributed by atoms with Gasteiger partial charge in [-0.3, -0.25) is 9.59 Å². The maximum Gasteiger partial charge on any atom is 0.311 e. The van der Waals surface area contributed by atoms with Crippen molar-refractivity contribution in [1.82, 2.24) is 4.90 Å². The van der Waals surface area contributed by atoms with Gasteiger partial charge < -0.3 is 10.0 Å². The molecule has 0 radical (unpaired) electrons. The van der Waals surface area contributed by atoms with Crippen LogP contribution in [0, 0.1) is 5.41 Å². The first kappa shape index (κ1) is 15.4. The number of likely N-dealkylation sites (tertiary alicyclic amines) is 1. The molecule has 1 N–H and O–H groups in total. The number of hydrogen-bond acceptors (Lipinski definition) is 4. The van der Waals surface area contributed by atoms with Crippen molar-refractivity contribution in [2.24, 2.45) is 5.41 Å². The topological polar surface area (TPSA) is 57.6 Å². The summed E-state index contributed by atoms with van der Waals surface area (Å²) in [7, 11) is 0. The number of amides is 1. The van der Waals surface area contributed by atoms with Gasteiger partial charge in [0.15, 0.2) is 0 Å². The molecule has 2 heterocycles. The molecule has 0 bridgehead atoms. The molecule has 1 aliphatic heterocycles. The number of thioether (sulfide) groups is 1. The number of carboxylic acids is 1. The Bertz CT molecular complexity index is 475. The van der Waals surface area contributed by atoms with Gasteiger partial charge in [0.1, 0.15) is 0 Å². The van der Waals surface area contributed by atoms with E-state index in [2.05, 4.69) is 0 Å². The highest BCUT2D eigenvalue weighted by Crippen LogP contribution is 2.34. The van der Waals surface area contributed by atoms with Crippen LogP contribution in [0.1, 0.15) is 26.2 Å². The summed E-state index contributed by atoms with van der Waals surface area (Å²) < 4.78 is 1.12. The lowest BCUT2D eigenvalue weighted by molar-refractivity contribution is -0.154. The van der Waals surface area contributed by atoms with Gasteiger partial charge in [-0.2, -0.15) is 0 Å². The number of aliphatic carboxylic acids is 1. The van der Waals surface area contributed by atoms with Crippen LogP contribution in [0.25, 0.3) is 0 Å². The molecular weight excluding hydrogens is 294 g/mol. The van der Waals surface area contributed by atoms with Gasteiger partial charge in [0, 0.05) is 13.1 Å². The van der Waals surface area contributed by atoms with E-state index in [0.29, 0.717) is 31.7 Å². The molecule has 1 aromatic heterocycles. The number of rotatable bonds is 5. The summed E-state index contributed by atoms with van der Waals surface area (Å²) in [6, 6.07) is 3.96. The highest BCUT2D eigenvalue weighted by molar-refractivity contribution is 8.01. The Balaban J connectivity index is 1.94. The summed E-state index contributed by atoms with van der Waals surface area (Å²) in [4.78, 5) is 25.4. The van der Waals surface area contributed by atoms with Crippen molar-refractivity contribution in [2.75, 3.05) is 18.8 Å². The van der Waals surface area contributed by atoms with Crippen LogP contribution in [-0.4, -0.2) is 40.7 Å². The molecule has 6 heteroatoms. The average molecular weight is 313 g/mol. The molecule has 0 aliphatic carbocycles. The van der Waals surface area contributed by atoms with E-state index < -0.39 is 11.4 Å². The third-order valence-electron chi connectivity index (χ3n) is 3.89. The third kappa shape index (κ3) is 3.35. The molecule has 1 fully saturated rings. The normalized spacial score (nSPS) is 22.8. The van der Waals surface area contributed by atoms with Crippen LogP contribution < -0.4 is 0 Å². The van der Waals surface area contributed by atoms with E-state index in [0.717, 1.165) is 10.6 Å². The monoisotopic (exact) mass is 313 g/mol. The second kappa shape index (κ2) is 6.63. The fourth-order valence-electron chi connectivity index (χ4n) is 2.53. The second-order valence-corrected chi connectivity index (χ2v) is 7.30. The van der Waals surface area contributed by atoms with Crippen LogP contribution in [0.2, 0.25) is 0 Å². The molecule has 1 amide bonds. The van der Waals surface area contributed by atoms with Crippen molar-refractivity contribution >= 4 is 35.0 Å². The highest BCUT2D eigenvalue weighted by atomic mass is 32.2. The van der Waals surface area contributed by atoms with Crippen molar-refractivity contribution in [1.29, 1.82) is 0 Å². The zero-order chi connectivity index (χ0) is 14.6. The van der Waals surface area contributed by atoms with Gasteiger partial charge in [0.2, 0.25) is 5.91 Å². The van der Waals surface area contributed by atoms with Gasteiger partial charge in [-0.1, -0.05) is 13.0 Å². The van der Waals surface area contributed by atoms with Crippen molar-refractivity contribution in [2.45, 2.75) is 30.4 Å². The maximum absolute atomic E-state index is 12.2. The molecule has 1 saturated heterocycles. The number of thiophene rings is 1. The zero-order valence-corrected chi connectivity index (χ0v) is 13.1. The summed E-state index contributed by atoms with van der Waals surface area (Å²) in [6.07, 6.45) is 2.01. The first-order valence-electron chi connectivity index (χ1n) is 6.75. The van der Waals surface area contributed by atoms with Gasteiger partial charge in [-0.05, 0) is 30.7 Å². The van der Waals surface area contributed by atoms with E-state index in [-0.39, 0.29) is 5.91 Å². The van der Waals surface area contributed by atoms with Crippen molar-refractivity contribution in [3.05, 3.63) is 17.5 Å². The summed E-state index contributed by atoms with van der Waals surface area (Å²) in [6.45, 7) is 2.92. The van der Waals surface area contributed by atoms with Gasteiger partial charge in [0.25, 0.3) is 0 Å². The summed E-state index contributed by atoms with van der Waals surface area (Å²) in [5.41, 5.74) is -0.749. The first-order valence-corrected chi connectivity index (χ1v) is 8.61. The molecular formula is C14H19NO3S2. The number of carboxylic acid groups (broad SMARTS) is 1. The molecule has 0 spiro atoms. The molecule has 1 unspecified atom stereocenters. The van der Waals surface area contributed by atoms with Crippen molar-refractivity contribution < 1.29 is 14.7 Å². The van der Waals surface area contributed by atoms with Crippen molar-refractivity contribution in [3.63, 3.8) is 0 Å².